The highest BCUT2D eigenvalue weighted by atomic mass is 32.2. The Hall–Kier alpha value is -2.67. The van der Waals surface area contributed by atoms with Crippen molar-refractivity contribution in [3.63, 3.8) is 0 Å². The van der Waals surface area contributed by atoms with Gasteiger partial charge in [0.15, 0.2) is 16.8 Å². The molecule has 0 amide bonds. The van der Waals surface area contributed by atoms with E-state index in [1.807, 2.05) is 19.1 Å². The number of thioether (sulfide) groups is 1. The molecule has 1 saturated carbocycles. The Kier molecular flexibility index (Phi) is 4.94. The second-order valence-corrected chi connectivity index (χ2v) is 7.81. The molecule has 0 radical (unpaired) electrons. The molecule has 138 valence electrons. The minimum atomic E-state index is -0.262. The summed E-state index contributed by atoms with van der Waals surface area (Å²) in [5, 5.41) is 9.27. The Bertz CT molecular complexity index is 936. The molecule has 0 spiro atoms. The third kappa shape index (κ3) is 3.73. The molecule has 1 aliphatic rings. The lowest BCUT2D eigenvalue weighted by Gasteiger charge is -2.12. The number of pyridine rings is 1. The first-order valence-electron chi connectivity index (χ1n) is 8.87. The van der Waals surface area contributed by atoms with Gasteiger partial charge in [0.1, 0.15) is 5.75 Å². The monoisotopic (exact) mass is 380 g/mol. The SMILES string of the molecule is COc1ccc(C(=O)[C@H](C)Sc2nnc(-c3cccnc3)n2C2CC2)cc1. The van der Waals surface area contributed by atoms with E-state index in [2.05, 4.69) is 19.7 Å². The maximum atomic E-state index is 12.8. The summed E-state index contributed by atoms with van der Waals surface area (Å²) in [4.78, 5) is 17.0. The summed E-state index contributed by atoms with van der Waals surface area (Å²) in [5.41, 5.74) is 1.61. The second-order valence-electron chi connectivity index (χ2n) is 6.50. The van der Waals surface area contributed by atoms with Crippen LogP contribution in [0.4, 0.5) is 0 Å². The van der Waals surface area contributed by atoms with Gasteiger partial charge >= 0.3 is 0 Å². The number of nitrogens with zero attached hydrogens (tertiary/aromatic N) is 4. The number of benzene rings is 1. The molecule has 0 unspecified atom stereocenters. The van der Waals surface area contributed by atoms with E-state index in [0.717, 1.165) is 35.1 Å². The molecule has 1 atom stereocenters. The third-order valence-electron chi connectivity index (χ3n) is 4.52. The van der Waals surface area contributed by atoms with Crippen molar-refractivity contribution in [2.75, 3.05) is 7.11 Å². The van der Waals surface area contributed by atoms with Crippen molar-refractivity contribution in [1.29, 1.82) is 0 Å². The number of ether oxygens (including phenoxy) is 1. The van der Waals surface area contributed by atoms with Gasteiger partial charge in [0.05, 0.1) is 12.4 Å². The molecule has 1 aromatic carbocycles. The summed E-state index contributed by atoms with van der Waals surface area (Å²) < 4.78 is 7.31. The van der Waals surface area contributed by atoms with E-state index in [1.165, 1.54) is 11.8 Å². The summed E-state index contributed by atoms with van der Waals surface area (Å²) in [7, 11) is 1.61. The highest BCUT2D eigenvalue weighted by Gasteiger charge is 2.31. The van der Waals surface area contributed by atoms with Gasteiger partial charge < -0.3 is 4.74 Å². The maximum absolute atomic E-state index is 12.8. The third-order valence-corrected chi connectivity index (χ3v) is 5.58. The molecule has 2 heterocycles. The minimum absolute atomic E-state index is 0.0657. The number of aromatic nitrogens is 4. The molecule has 0 aliphatic heterocycles. The number of methoxy groups -OCH3 is 1. The average molecular weight is 380 g/mol. The zero-order valence-electron chi connectivity index (χ0n) is 15.2. The van der Waals surface area contributed by atoms with E-state index < -0.39 is 0 Å². The fourth-order valence-electron chi connectivity index (χ4n) is 2.91. The molecule has 27 heavy (non-hydrogen) atoms. The molecule has 0 N–H and O–H groups in total. The van der Waals surface area contributed by atoms with Gasteiger partial charge in [0.2, 0.25) is 0 Å². The van der Waals surface area contributed by atoms with E-state index in [1.54, 1.807) is 43.8 Å². The Morgan fingerprint density at radius 3 is 2.63 bits per heavy atom. The molecule has 2 aromatic heterocycles. The van der Waals surface area contributed by atoms with Gasteiger partial charge in [0.25, 0.3) is 0 Å². The predicted octanol–water partition coefficient (Wildman–Crippen LogP) is 4.05. The van der Waals surface area contributed by atoms with Gasteiger partial charge in [-0.15, -0.1) is 10.2 Å². The second kappa shape index (κ2) is 7.52. The fraction of sp³-hybridized carbons (Fsp3) is 0.300. The van der Waals surface area contributed by atoms with Crippen LogP contribution in [0.15, 0.2) is 53.9 Å². The number of rotatable bonds is 7. The number of carbonyl (C=O) groups is 1. The summed E-state index contributed by atoms with van der Waals surface area (Å²) in [5.74, 6) is 1.62. The smallest absolute Gasteiger partial charge is 0.192 e. The van der Waals surface area contributed by atoms with E-state index in [9.17, 15) is 4.79 Å². The van der Waals surface area contributed by atoms with Crippen molar-refractivity contribution < 1.29 is 9.53 Å². The molecule has 0 bridgehead atoms. The van der Waals surface area contributed by atoms with Crippen molar-refractivity contribution in [2.45, 2.75) is 36.2 Å². The number of hydrogen-bond acceptors (Lipinski definition) is 6. The molecule has 1 aliphatic carbocycles. The fourth-order valence-corrected chi connectivity index (χ4v) is 3.91. The average Bonchev–Trinajstić information content (AvgIpc) is 3.48. The molecule has 1 fully saturated rings. The molecule has 7 heteroatoms. The van der Waals surface area contributed by atoms with Crippen molar-refractivity contribution in [3.8, 4) is 17.1 Å². The van der Waals surface area contributed by atoms with Gasteiger partial charge in [-0.1, -0.05) is 11.8 Å². The van der Waals surface area contributed by atoms with Crippen LogP contribution in [0.2, 0.25) is 0 Å². The molecule has 6 nitrogen and oxygen atoms in total. The number of carbonyl (C=O) groups excluding carboxylic acids is 1. The Morgan fingerprint density at radius 1 is 1.22 bits per heavy atom. The van der Waals surface area contributed by atoms with Crippen LogP contribution in [0.3, 0.4) is 0 Å². The first kappa shape index (κ1) is 17.7. The molecule has 3 aromatic rings. The minimum Gasteiger partial charge on any atom is -0.497 e. The number of ketones is 1. The molecular formula is C20H20N4O2S. The molecule has 0 saturated heterocycles. The van der Waals surface area contributed by atoms with E-state index >= 15 is 0 Å². The predicted molar refractivity (Wildman–Crippen MR) is 104 cm³/mol. The lowest BCUT2D eigenvalue weighted by Crippen LogP contribution is -2.14. The summed E-state index contributed by atoms with van der Waals surface area (Å²) in [6, 6.07) is 11.5. The van der Waals surface area contributed by atoms with Gasteiger partial charge in [0, 0.05) is 29.6 Å². The van der Waals surface area contributed by atoms with Gasteiger partial charge in [-0.25, -0.2) is 0 Å². The highest BCUT2D eigenvalue weighted by molar-refractivity contribution is 8.00. The Morgan fingerprint density at radius 2 is 2.00 bits per heavy atom. The number of hydrogen-bond donors (Lipinski definition) is 0. The first-order valence-corrected chi connectivity index (χ1v) is 9.75. The van der Waals surface area contributed by atoms with Crippen LogP contribution in [0.5, 0.6) is 5.75 Å². The lowest BCUT2D eigenvalue weighted by atomic mass is 10.1. The van der Waals surface area contributed by atoms with Crippen LogP contribution in [0, 0.1) is 0 Å². The van der Waals surface area contributed by atoms with Crippen molar-refractivity contribution in [2.24, 2.45) is 0 Å². The van der Waals surface area contributed by atoms with E-state index in [4.69, 9.17) is 4.74 Å². The topological polar surface area (TPSA) is 69.9 Å². The Labute approximate surface area is 162 Å². The normalized spacial score (nSPS) is 14.7. The zero-order chi connectivity index (χ0) is 18.8. The highest BCUT2D eigenvalue weighted by Crippen LogP contribution is 2.41. The maximum Gasteiger partial charge on any atom is 0.192 e. The largest absolute Gasteiger partial charge is 0.497 e. The van der Waals surface area contributed by atoms with Gasteiger partial charge in [-0.05, 0) is 56.2 Å². The Balaban J connectivity index is 1.57. The van der Waals surface area contributed by atoms with Crippen molar-refractivity contribution in [3.05, 3.63) is 54.4 Å². The summed E-state index contributed by atoms with van der Waals surface area (Å²) in [6.07, 6.45) is 5.76. The van der Waals surface area contributed by atoms with E-state index in [0.29, 0.717) is 11.6 Å². The lowest BCUT2D eigenvalue weighted by molar-refractivity contribution is 0.0994. The first-order chi connectivity index (χ1) is 13.2. The van der Waals surface area contributed by atoms with Crippen molar-refractivity contribution >= 4 is 17.5 Å². The standard InChI is InChI=1S/C20H20N4O2S/c1-13(18(25)14-5-9-17(26-2)10-6-14)27-20-23-22-19(24(20)16-7-8-16)15-4-3-11-21-12-15/h3-6,9-13,16H,7-8H2,1-2H3/t13-/m0/s1. The van der Waals surface area contributed by atoms with Gasteiger partial charge in [-0.2, -0.15) is 0 Å². The van der Waals surface area contributed by atoms with Crippen LogP contribution in [-0.2, 0) is 0 Å². The van der Waals surface area contributed by atoms with Crippen LogP contribution >= 0.6 is 11.8 Å². The molecule has 4 rings (SSSR count). The van der Waals surface area contributed by atoms with Gasteiger partial charge in [-0.3, -0.25) is 14.3 Å². The van der Waals surface area contributed by atoms with Crippen LogP contribution in [0.25, 0.3) is 11.4 Å². The van der Waals surface area contributed by atoms with E-state index in [-0.39, 0.29) is 11.0 Å². The van der Waals surface area contributed by atoms with Crippen LogP contribution in [-0.4, -0.2) is 37.9 Å². The van der Waals surface area contributed by atoms with Crippen molar-refractivity contribution in [1.82, 2.24) is 19.7 Å². The molecular weight excluding hydrogens is 360 g/mol. The van der Waals surface area contributed by atoms with Crippen LogP contribution < -0.4 is 4.74 Å². The quantitative estimate of drug-likeness (QED) is 0.455. The van der Waals surface area contributed by atoms with Crippen LogP contribution in [0.1, 0.15) is 36.2 Å². The summed E-state index contributed by atoms with van der Waals surface area (Å²) in [6.45, 7) is 1.91. The number of Topliss-reactive ketones (excluding diaryl/α,β-unsaturated/α-hetero) is 1. The zero-order valence-corrected chi connectivity index (χ0v) is 16.0. The summed E-state index contributed by atoms with van der Waals surface area (Å²) >= 11 is 1.46.